The number of hydrogen-bond donors (Lipinski definition) is 0. The fourth-order valence-electron chi connectivity index (χ4n) is 3.77. The van der Waals surface area contributed by atoms with Crippen molar-refractivity contribution in [3.05, 3.63) is 94.8 Å². The van der Waals surface area contributed by atoms with Crippen LogP contribution in [0.15, 0.2) is 82.4 Å². The third-order valence-corrected chi connectivity index (χ3v) is 6.38. The van der Waals surface area contributed by atoms with Crippen molar-refractivity contribution in [1.29, 1.82) is 0 Å². The Morgan fingerprint density at radius 1 is 0.939 bits per heavy atom. The molecule has 1 aromatic heterocycles. The Bertz CT molecular complexity index is 1230. The SMILES string of the molecule is O=C(CSc1nnc(COc2ccc(Cl)cc2)o1)N1c2ccccc2CCc2ccccc21. The number of para-hydroxylation sites is 2. The highest BCUT2D eigenvalue weighted by Gasteiger charge is 2.26. The molecule has 0 spiro atoms. The second-order valence-corrected chi connectivity index (χ2v) is 8.84. The van der Waals surface area contributed by atoms with Gasteiger partial charge in [-0.25, -0.2) is 0 Å². The lowest BCUT2D eigenvalue weighted by molar-refractivity contribution is -0.115. The molecular formula is C25H20ClN3O3S. The van der Waals surface area contributed by atoms with E-state index in [1.807, 2.05) is 41.3 Å². The average Bonchev–Trinajstić information content (AvgIpc) is 3.23. The van der Waals surface area contributed by atoms with Gasteiger partial charge in [-0.05, 0) is 60.4 Å². The van der Waals surface area contributed by atoms with Crippen molar-refractivity contribution in [3.8, 4) is 5.75 Å². The molecule has 4 aromatic rings. The van der Waals surface area contributed by atoms with Gasteiger partial charge in [0.15, 0.2) is 6.61 Å². The topological polar surface area (TPSA) is 68.5 Å². The summed E-state index contributed by atoms with van der Waals surface area (Å²) in [6.07, 6.45) is 1.79. The third-order valence-electron chi connectivity index (χ3n) is 5.32. The quantitative estimate of drug-likeness (QED) is 0.324. The summed E-state index contributed by atoms with van der Waals surface area (Å²) in [5.74, 6) is 1.12. The van der Waals surface area contributed by atoms with E-state index in [9.17, 15) is 4.79 Å². The summed E-state index contributed by atoms with van der Waals surface area (Å²) < 4.78 is 11.3. The van der Waals surface area contributed by atoms with Gasteiger partial charge in [-0.15, -0.1) is 10.2 Å². The zero-order chi connectivity index (χ0) is 22.6. The highest BCUT2D eigenvalue weighted by Crippen LogP contribution is 2.36. The van der Waals surface area contributed by atoms with E-state index in [1.165, 1.54) is 11.8 Å². The lowest BCUT2D eigenvalue weighted by atomic mass is 10.0. The molecule has 166 valence electrons. The summed E-state index contributed by atoms with van der Waals surface area (Å²) in [7, 11) is 0. The molecule has 0 aliphatic carbocycles. The van der Waals surface area contributed by atoms with Crippen molar-refractivity contribution < 1.29 is 13.9 Å². The van der Waals surface area contributed by atoms with Gasteiger partial charge >= 0.3 is 0 Å². The number of aromatic nitrogens is 2. The number of hydrogen-bond acceptors (Lipinski definition) is 6. The van der Waals surface area contributed by atoms with Crippen LogP contribution in [0.4, 0.5) is 11.4 Å². The second-order valence-electron chi connectivity index (χ2n) is 7.48. The number of nitrogens with zero attached hydrogens (tertiary/aromatic N) is 3. The van der Waals surface area contributed by atoms with Crippen LogP contribution in [0, 0.1) is 0 Å². The first-order valence-electron chi connectivity index (χ1n) is 10.5. The minimum atomic E-state index is -0.0426. The van der Waals surface area contributed by atoms with Crippen LogP contribution >= 0.6 is 23.4 Å². The van der Waals surface area contributed by atoms with Crippen molar-refractivity contribution in [2.75, 3.05) is 10.7 Å². The van der Waals surface area contributed by atoms with Gasteiger partial charge in [0, 0.05) is 5.02 Å². The summed E-state index contributed by atoms with van der Waals surface area (Å²) in [5, 5.41) is 9.02. The van der Waals surface area contributed by atoms with Gasteiger partial charge in [-0.3, -0.25) is 9.69 Å². The fourth-order valence-corrected chi connectivity index (χ4v) is 4.52. The van der Waals surface area contributed by atoms with E-state index in [-0.39, 0.29) is 18.3 Å². The van der Waals surface area contributed by atoms with Crippen molar-refractivity contribution in [3.63, 3.8) is 0 Å². The molecule has 1 amide bonds. The molecule has 0 radical (unpaired) electrons. The molecule has 3 aromatic carbocycles. The smallest absolute Gasteiger partial charge is 0.277 e. The largest absolute Gasteiger partial charge is 0.484 e. The third kappa shape index (κ3) is 4.89. The zero-order valence-electron chi connectivity index (χ0n) is 17.6. The molecule has 8 heteroatoms. The Morgan fingerprint density at radius 3 is 2.24 bits per heavy atom. The molecule has 5 rings (SSSR count). The number of thioether (sulfide) groups is 1. The molecule has 2 heterocycles. The minimum Gasteiger partial charge on any atom is -0.484 e. The molecule has 6 nitrogen and oxygen atoms in total. The number of anilines is 2. The Labute approximate surface area is 200 Å². The van der Waals surface area contributed by atoms with Crippen LogP contribution in [-0.4, -0.2) is 21.9 Å². The number of carbonyl (C=O) groups is 1. The second kappa shape index (κ2) is 9.68. The first-order chi connectivity index (χ1) is 16.2. The first-order valence-corrected chi connectivity index (χ1v) is 11.9. The van der Waals surface area contributed by atoms with Gasteiger partial charge in [0.2, 0.25) is 5.91 Å². The minimum absolute atomic E-state index is 0.0426. The summed E-state index contributed by atoms with van der Waals surface area (Å²) >= 11 is 7.10. The number of ether oxygens (including phenoxy) is 1. The standard InChI is InChI=1S/C25H20ClN3O3S/c26-19-11-13-20(14-12-19)31-15-23-27-28-25(32-23)33-16-24(30)29-21-7-3-1-5-17(21)9-10-18-6-2-4-8-22(18)29/h1-8,11-14H,9-10,15-16H2. The summed E-state index contributed by atoms with van der Waals surface area (Å²) in [6.45, 7) is 0.135. The Balaban J connectivity index is 1.27. The van der Waals surface area contributed by atoms with Gasteiger partial charge in [0.25, 0.3) is 11.1 Å². The van der Waals surface area contributed by atoms with Crippen LogP contribution in [-0.2, 0) is 24.2 Å². The molecule has 33 heavy (non-hydrogen) atoms. The maximum atomic E-state index is 13.4. The van der Waals surface area contributed by atoms with Crippen LogP contribution in [0.1, 0.15) is 17.0 Å². The molecule has 0 saturated carbocycles. The van der Waals surface area contributed by atoms with Crippen molar-refractivity contribution in [1.82, 2.24) is 10.2 Å². The lowest BCUT2D eigenvalue weighted by Gasteiger charge is -2.24. The van der Waals surface area contributed by atoms with Crippen LogP contribution in [0.25, 0.3) is 0 Å². The van der Waals surface area contributed by atoms with E-state index in [4.69, 9.17) is 20.8 Å². The fraction of sp³-hybridized carbons (Fsp3) is 0.160. The molecular weight excluding hydrogens is 458 g/mol. The highest BCUT2D eigenvalue weighted by atomic mass is 35.5. The maximum absolute atomic E-state index is 13.4. The van der Waals surface area contributed by atoms with Crippen LogP contribution < -0.4 is 9.64 Å². The zero-order valence-corrected chi connectivity index (χ0v) is 19.2. The summed E-state index contributed by atoms with van der Waals surface area (Å²) in [5.41, 5.74) is 4.17. The predicted molar refractivity (Wildman–Crippen MR) is 128 cm³/mol. The number of halogens is 1. The van der Waals surface area contributed by atoms with Gasteiger partial charge in [-0.1, -0.05) is 59.8 Å². The molecule has 1 aliphatic rings. The van der Waals surface area contributed by atoms with Gasteiger partial charge in [0.1, 0.15) is 5.75 Å². The van der Waals surface area contributed by atoms with Crippen molar-refractivity contribution >= 4 is 40.6 Å². The Hall–Kier alpha value is -3.29. The monoisotopic (exact) mass is 477 g/mol. The summed E-state index contributed by atoms with van der Waals surface area (Å²) in [4.78, 5) is 15.2. The molecule has 0 atom stereocenters. The van der Waals surface area contributed by atoms with E-state index >= 15 is 0 Å². The normalized spacial score (nSPS) is 12.6. The molecule has 0 bridgehead atoms. The van der Waals surface area contributed by atoms with Gasteiger partial charge < -0.3 is 9.15 Å². The van der Waals surface area contributed by atoms with Gasteiger partial charge in [0.05, 0.1) is 17.1 Å². The first kappa shape index (κ1) is 21.6. The average molecular weight is 478 g/mol. The van der Waals surface area contributed by atoms with E-state index in [2.05, 4.69) is 22.3 Å². The van der Waals surface area contributed by atoms with Crippen LogP contribution in [0.5, 0.6) is 5.75 Å². The number of carbonyl (C=O) groups excluding carboxylic acids is 1. The van der Waals surface area contributed by atoms with E-state index in [0.29, 0.717) is 21.9 Å². The van der Waals surface area contributed by atoms with E-state index in [1.54, 1.807) is 24.3 Å². The Kier molecular flexibility index (Phi) is 6.32. The van der Waals surface area contributed by atoms with Crippen molar-refractivity contribution in [2.24, 2.45) is 0 Å². The number of aryl methyl sites for hydroxylation is 2. The molecule has 0 unspecified atom stereocenters. The lowest BCUT2D eigenvalue weighted by Crippen LogP contribution is -2.28. The van der Waals surface area contributed by atoms with Crippen LogP contribution in [0.3, 0.4) is 0 Å². The van der Waals surface area contributed by atoms with Crippen molar-refractivity contribution in [2.45, 2.75) is 24.7 Å². The number of amides is 1. The molecule has 1 aliphatic heterocycles. The Morgan fingerprint density at radius 2 is 1.58 bits per heavy atom. The van der Waals surface area contributed by atoms with Crippen LogP contribution in [0.2, 0.25) is 5.02 Å². The van der Waals surface area contributed by atoms with E-state index < -0.39 is 0 Å². The number of fused-ring (bicyclic) bond motifs is 2. The highest BCUT2D eigenvalue weighted by molar-refractivity contribution is 7.99. The van der Waals surface area contributed by atoms with E-state index in [0.717, 1.165) is 35.3 Å². The predicted octanol–water partition coefficient (Wildman–Crippen LogP) is 5.86. The van der Waals surface area contributed by atoms with Gasteiger partial charge in [-0.2, -0.15) is 0 Å². The molecule has 0 fully saturated rings. The number of rotatable bonds is 6. The number of benzene rings is 3. The molecule has 0 N–H and O–H groups in total. The summed E-state index contributed by atoms with van der Waals surface area (Å²) in [6, 6.07) is 23.1. The maximum Gasteiger partial charge on any atom is 0.277 e. The molecule has 0 saturated heterocycles.